The van der Waals surface area contributed by atoms with Crippen LogP contribution >= 0.6 is 0 Å². The first kappa shape index (κ1) is 18.8. The summed E-state index contributed by atoms with van der Waals surface area (Å²) in [6.45, 7) is 6.45. The summed E-state index contributed by atoms with van der Waals surface area (Å²) in [6.07, 6.45) is 6.51. The molecular weight excluding hydrogens is 318 g/mol. The molecule has 0 bridgehead atoms. The second kappa shape index (κ2) is 8.55. The molecule has 0 aromatic carbocycles. The molecule has 0 aliphatic carbocycles. The normalized spacial score (nSPS) is 15.0. The van der Waals surface area contributed by atoms with Crippen molar-refractivity contribution >= 4 is 17.6 Å². The number of hydrogen-bond donors (Lipinski definition) is 1. The van der Waals surface area contributed by atoms with Crippen LogP contribution in [0.2, 0.25) is 0 Å². The van der Waals surface area contributed by atoms with Crippen molar-refractivity contribution in [2.24, 2.45) is 5.73 Å². The Labute approximate surface area is 148 Å². The molecule has 2 amide bonds. The van der Waals surface area contributed by atoms with Gasteiger partial charge in [0.15, 0.2) is 0 Å². The van der Waals surface area contributed by atoms with E-state index >= 15 is 0 Å². The molecule has 6 heteroatoms. The molecule has 25 heavy (non-hydrogen) atoms. The standard InChI is InChI=1S/C19H25N3O3/c1-3-17(24)22-9-7-14(8-10-22)16-11-15(6-4-5-13(2)23)18(19(20)25)21-12-16/h3,11-12,14H,1,4-10H2,2H3,(H2,20,25). The van der Waals surface area contributed by atoms with Crippen molar-refractivity contribution in [1.82, 2.24) is 9.88 Å². The van der Waals surface area contributed by atoms with E-state index in [0.717, 1.165) is 24.0 Å². The fraction of sp³-hybridized carbons (Fsp3) is 0.474. The van der Waals surface area contributed by atoms with Gasteiger partial charge in [0.1, 0.15) is 11.5 Å². The molecule has 0 spiro atoms. The number of carbonyl (C=O) groups is 3. The van der Waals surface area contributed by atoms with Crippen LogP contribution in [0.1, 0.15) is 60.1 Å². The molecular formula is C19H25N3O3. The first-order valence-corrected chi connectivity index (χ1v) is 8.61. The Morgan fingerprint density at radius 2 is 2.04 bits per heavy atom. The van der Waals surface area contributed by atoms with E-state index in [9.17, 15) is 14.4 Å². The number of aryl methyl sites for hydroxylation is 1. The minimum atomic E-state index is -0.546. The van der Waals surface area contributed by atoms with Crippen molar-refractivity contribution in [2.45, 2.75) is 44.9 Å². The van der Waals surface area contributed by atoms with Crippen molar-refractivity contribution in [3.05, 3.63) is 41.7 Å². The molecule has 1 aromatic rings. The maximum Gasteiger partial charge on any atom is 0.267 e. The highest BCUT2D eigenvalue weighted by atomic mass is 16.2. The molecule has 134 valence electrons. The molecule has 2 N–H and O–H groups in total. The average Bonchev–Trinajstić information content (AvgIpc) is 2.60. The van der Waals surface area contributed by atoms with Crippen molar-refractivity contribution in [2.75, 3.05) is 13.1 Å². The van der Waals surface area contributed by atoms with Gasteiger partial charge in [-0.2, -0.15) is 0 Å². The third kappa shape index (κ3) is 4.98. The van der Waals surface area contributed by atoms with Gasteiger partial charge in [-0.15, -0.1) is 0 Å². The van der Waals surface area contributed by atoms with E-state index in [1.165, 1.54) is 6.08 Å². The number of primary amides is 1. The zero-order valence-electron chi connectivity index (χ0n) is 14.7. The van der Waals surface area contributed by atoms with Gasteiger partial charge < -0.3 is 15.4 Å². The third-order valence-electron chi connectivity index (χ3n) is 4.65. The number of pyridine rings is 1. The number of likely N-dealkylation sites (tertiary alicyclic amines) is 1. The molecule has 0 unspecified atom stereocenters. The van der Waals surface area contributed by atoms with Crippen molar-refractivity contribution in [3.63, 3.8) is 0 Å². The van der Waals surface area contributed by atoms with E-state index in [1.807, 2.05) is 6.07 Å². The second-order valence-corrected chi connectivity index (χ2v) is 6.50. The van der Waals surface area contributed by atoms with Gasteiger partial charge in [-0.25, -0.2) is 0 Å². The van der Waals surface area contributed by atoms with Crippen LogP contribution in [0.3, 0.4) is 0 Å². The van der Waals surface area contributed by atoms with Gasteiger partial charge in [0.25, 0.3) is 5.91 Å². The molecule has 1 saturated heterocycles. The van der Waals surface area contributed by atoms with Crippen LogP contribution in [0.4, 0.5) is 0 Å². The minimum Gasteiger partial charge on any atom is -0.364 e. The highest BCUT2D eigenvalue weighted by Crippen LogP contribution is 2.29. The number of rotatable bonds is 7. The Balaban J connectivity index is 2.11. The smallest absolute Gasteiger partial charge is 0.267 e. The summed E-state index contributed by atoms with van der Waals surface area (Å²) < 4.78 is 0. The first-order chi connectivity index (χ1) is 11.9. The van der Waals surface area contributed by atoms with E-state index < -0.39 is 5.91 Å². The van der Waals surface area contributed by atoms with Gasteiger partial charge in [0.2, 0.25) is 5.91 Å². The van der Waals surface area contributed by atoms with Gasteiger partial charge in [-0.1, -0.05) is 12.6 Å². The van der Waals surface area contributed by atoms with Gasteiger partial charge in [0, 0.05) is 25.7 Å². The number of hydrogen-bond acceptors (Lipinski definition) is 4. The molecule has 1 aromatic heterocycles. The van der Waals surface area contributed by atoms with E-state index in [1.54, 1.807) is 18.0 Å². The van der Waals surface area contributed by atoms with Crippen molar-refractivity contribution < 1.29 is 14.4 Å². The number of piperidine rings is 1. The van der Waals surface area contributed by atoms with E-state index in [0.29, 0.717) is 38.3 Å². The fourth-order valence-corrected chi connectivity index (χ4v) is 3.25. The third-order valence-corrected chi connectivity index (χ3v) is 4.65. The maximum absolute atomic E-state index is 11.7. The number of carbonyl (C=O) groups excluding carboxylic acids is 3. The number of ketones is 1. The fourth-order valence-electron chi connectivity index (χ4n) is 3.25. The Bertz CT molecular complexity index is 676. The molecule has 0 saturated carbocycles. The van der Waals surface area contributed by atoms with E-state index in [4.69, 9.17) is 5.73 Å². The van der Waals surface area contributed by atoms with Gasteiger partial charge in [-0.3, -0.25) is 14.6 Å². The predicted octanol–water partition coefficient (Wildman–Crippen LogP) is 1.98. The molecule has 6 nitrogen and oxygen atoms in total. The molecule has 0 atom stereocenters. The number of aromatic nitrogens is 1. The van der Waals surface area contributed by atoms with Crippen LogP contribution in [0.25, 0.3) is 0 Å². The molecule has 1 fully saturated rings. The highest BCUT2D eigenvalue weighted by Gasteiger charge is 2.24. The maximum atomic E-state index is 11.7. The summed E-state index contributed by atoms with van der Waals surface area (Å²) in [4.78, 5) is 40.5. The van der Waals surface area contributed by atoms with Crippen LogP contribution < -0.4 is 5.73 Å². The minimum absolute atomic E-state index is 0.0365. The number of amides is 2. The number of nitrogens with two attached hydrogens (primary N) is 1. The Morgan fingerprint density at radius 3 is 2.60 bits per heavy atom. The Kier molecular flexibility index (Phi) is 6.44. The topological polar surface area (TPSA) is 93.4 Å². The summed E-state index contributed by atoms with van der Waals surface area (Å²) in [5.74, 6) is -0.153. The lowest BCUT2D eigenvalue weighted by Crippen LogP contribution is -2.36. The highest BCUT2D eigenvalue weighted by molar-refractivity contribution is 5.92. The Morgan fingerprint density at radius 1 is 1.36 bits per heavy atom. The summed E-state index contributed by atoms with van der Waals surface area (Å²) in [5.41, 5.74) is 7.57. The van der Waals surface area contributed by atoms with Gasteiger partial charge in [-0.05, 0) is 55.7 Å². The zero-order valence-corrected chi connectivity index (χ0v) is 14.7. The van der Waals surface area contributed by atoms with E-state index in [-0.39, 0.29) is 17.4 Å². The van der Waals surface area contributed by atoms with Crippen molar-refractivity contribution in [3.8, 4) is 0 Å². The number of nitrogens with zero attached hydrogens (tertiary/aromatic N) is 2. The lowest BCUT2D eigenvalue weighted by molar-refractivity contribution is -0.127. The number of Topliss-reactive ketones (excluding diaryl/α,β-unsaturated/α-hetero) is 1. The van der Waals surface area contributed by atoms with E-state index in [2.05, 4.69) is 11.6 Å². The van der Waals surface area contributed by atoms with Crippen LogP contribution in [-0.2, 0) is 16.0 Å². The largest absolute Gasteiger partial charge is 0.364 e. The molecule has 1 aliphatic heterocycles. The summed E-state index contributed by atoms with van der Waals surface area (Å²) in [6, 6.07) is 1.99. The molecule has 2 heterocycles. The van der Waals surface area contributed by atoms with Crippen LogP contribution in [0, 0.1) is 0 Å². The van der Waals surface area contributed by atoms with Crippen molar-refractivity contribution in [1.29, 1.82) is 0 Å². The molecule has 2 rings (SSSR count). The quantitative estimate of drug-likeness (QED) is 0.766. The first-order valence-electron chi connectivity index (χ1n) is 8.61. The molecule has 0 radical (unpaired) electrons. The Hall–Kier alpha value is -2.50. The monoisotopic (exact) mass is 343 g/mol. The van der Waals surface area contributed by atoms with Crippen LogP contribution in [-0.4, -0.2) is 40.6 Å². The second-order valence-electron chi connectivity index (χ2n) is 6.50. The van der Waals surface area contributed by atoms with Crippen LogP contribution in [0.5, 0.6) is 0 Å². The summed E-state index contributed by atoms with van der Waals surface area (Å²) in [7, 11) is 0. The summed E-state index contributed by atoms with van der Waals surface area (Å²) >= 11 is 0. The lowest BCUT2D eigenvalue weighted by Gasteiger charge is -2.31. The predicted molar refractivity (Wildman–Crippen MR) is 95.1 cm³/mol. The van der Waals surface area contributed by atoms with Crippen LogP contribution in [0.15, 0.2) is 24.9 Å². The average molecular weight is 343 g/mol. The zero-order chi connectivity index (χ0) is 18.4. The van der Waals surface area contributed by atoms with Gasteiger partial charge in [0.05, 0.1) is 0 Å². The molecule has 1 aliphatic rings. The van der Waals surface area contributed by atoms with Gasteiger partial charge >= 0.3 is 0 Å². The lowest BCUT2D eigenvalue weighted by atomic mass is 9.88. The summed E-state index contributed by atoms with van der Waals surface area (Å²) in [5, 5.41) is 0. The SMILES string of the molecule is C=CC(=O)N1CCC(c2cnc(C(N)=O)c(CCCC(C)=O)c2)CC1.